The Morgan fingerprint density at radius 2 is 1.88 bits per heavy atom. The SMILES string of the molecule is CN=C(C(=O)NC(C(=O)NCC(N)=O)C(C)(C)C)c1cccc(F)c1C. The summed E-state index contributed by atoms with van der Waals surface area (Å²) in [6.45, 7) is 6.50. The highest BCUT2D eigenvalue weighted by molar-refractivity contribution is 6.46. The Morgan fingerprint density at radius 3 is 2.38 bits per heavy atom. The predicted octanol–water partition coefficient (Wildman–Crippen LogP) is 0.685. The zero-order chi connectivity index (χ0) is 20.1. The van der Waals surface area contributed by atoms with Crippen molar-refractivity contribution in [1.29, 1.82) is 0 Å². The maximum Gasteiger partial charge on any atom is 0.270 e. The van der Waals surface area contributed by atoms with Crippen molar-refractivity contribution in [1.82, 2.24) is 10.6 Å². The highest BCUT2D eigenvalue weighted by Gasteiger charge is 2.34. The Labute approximate surface area is 152 Å². The van der Waals surface area contributed by atoms with E-state index < -0.39 is 35.0 Å². The lowest BCUT2D eigenvalue weighted by Crippen LogP contribution is -2.56. The average Bonchev–Trinajstić information content (AvgIpc) is 2.53. The Balaban J connectivity index is 3.10. The molecule has 0 saturated heterocycles. The number of nitrogens with two attached hydrogens (primary N) is 1. The molecule has 142 valence electrons. The molecule has 0 aromatic heterocycles. The second-order valence-electron chi connectivity index (χ2n) is 6.94. The number of carbonyl (C=O) groups is 3. The van der Waals surface area contributed by atoms with Gasteiger partial charge in [-0.3, -0.25) is 19.4 Å². The first kappa shape index (κ1) is 21.3. The molecule has 3 amide bonds. The number of nitrogens with one attached hydrogen (secondary N) is 2. The van der Waals surface area contributed by atoms with Gasteiger partial charge in [-0.2, -0.15) is 0 Å². The fourth-order valence-corrected chi connectivity index (χ4v) is 2.36. The number of amides is 3. The molecule has 1 aromatic rings. The molecule has 0 fully saturated rings. The minimum Gasteiger partial charge on any atom is -0.368 e. The molecule has 0 spiro atoms. The van der Waals surface area contributed by atoms with Crippen LogP contribution in [0.25, 0.3) is 0 Å². The van der Waals surface area contributed by atoms with E-state index in [0.717, 1.165) is 0 Å². The number of aliphatic imine (C=N–C) groups is 1. The summed E-state index contributed by atoms with van der Waals surface area (Å²) in [5, 5.41) is 5.00. The Morgan fingerprint density at radius 1 is 1.27 bits per heavy atom. The fraction of sp³-hybridized carbons (Fsp3) is 0.444. The van der Waals surface area contributed by atoms with E-state index >= 15 is 0 Å². The molecular formula is C18H25FN4O3. The number of nitrogens with zero attached hydrogens (tertiary/aromatic N) is 1. The second-order valence-corrected chi connectivity index (χ2v) is 6.94. The van der Waals surface area contributed by atoms with E-state index in [9.17, 15) is 18.8 Å². The molecule has 4 N–H and O–H groups in total. The summed E-state index contributed by atoms with van der Waals surface area (Å²) in [6.07, 6.45) is 0. The quantitative estimate of drug-likeness (QED) is 0.645. The first-order valence-corrected chi connectivity index (χ1v) is 8.08. The van der Waals surface area contributed by atoms with Gasteiger partial charge in [0.15, 0.2) is 0 Å². The van der Waals surface area contributed by atoms with Gasteiger partial charge < -0.3 is 16.4 Å². The maximum absolute atomic E-state index is 13.8. The molecule has 1 unspecified atom stereocenters. The van der Waals surface area contributed by atoms with Gasteiger partial charge in [0.1, 0.15) is 17.6 Å². The van der Waals surface area contributed by atoms with E-state index in [-0.39, 0.29) is 17.8 Å². The van der Waals surface area contributed by atoms with Crippen LogP contribution in [0.2, 0.25) is 0 Å². The van der Waals surface area contributed by atoms with Crippen LogP contribution in [-0.4, -0.2) is 43.1 Å². The van der Waals surface area contributed by atoms with Crippen LogP contribution in [0, 0.1) is 18.2 Å². The molecule has 26 heavy (non-hydrogen) atoms. The van der Waals surface area contributed by atoms with E-state index in [2.05, 4.69) is 15.6 Å². The summed E-state index contributed by atoms with van der Waals surface area (Å²) in [4.78, 5) is 39.9. The molecule has 8 heteroatoms. The summed E-state index contributed by atoms with van der Waals surface area (Å²) in [5.74, 6) is -2.31. The molecule has 1 rings (SSSR count). The Hall–Kier alpha value is -2.77. The summed E-state index contributed by atoms with van der Waals surface area (Å²) >= 11 is 0. The highest BCUT2D eigenvalue weighted by Crippen LogP contribution is 2.20. The molecule has 0 bridgehead atoms. The third kappa shape index (κ3) is 5.37. The van der Waals surface area contributed by atoms with Gasteiger partial charge >= 0.3 is 0 Å². The molecule has 0 saturated carbocycles. The highest BCUT2D eigenvalue weighted by atomic mass is 19.1. The lowest BCUT2D eigenvalue weighted by atomic mass is 9.85. The number of hydrogen-bond donors (Lipinski definition) is 3. The van der Waals surface area contributed by atoms with E-state index in [1.807, 2.05) is 0 Å². The number of rotatable bonds is 6. The summed E-state index contributed by atoms with van der Waals surface area (Å²) in [7, 11) is 1.42. The Kier molecular flexibility index (Phi) is 7.00. The van der Waals surface area contributed by atoms with Gasteiger partial charge in [0.25, 0.3) is 5.91 Å². The van der Waals surface area contributed by atoms with Gasteiger partial charge in [0.2, 0.25) is 11.8 Å². The zero-order valence-corrected chi connectivity index (χ0v) is 15.6. The number of carbonyl (C=O) groups excluding carboxylic acids is 3. The fourth-order valence-electron chi connectivity index (χ4n) is 2.36. The van der Waals surface area contributed by atoms with Crippen molar-refractivity contribution in [3.05, 3.63) is 35.1 Å². The van der Waals surface area contributed by atoms with Gasteiger partial charge in [-0.15, -0.1) is 0 Å². The minimum absolute atomic E-state index is 0.0129. The minimum atomic E-state index is -0.944. The molecule has 1 atom stereocenters. The van der Waals surface area contributed by atoms with Crippen molar-refractivity contribution in [3.8, 4) is 0 Å². The normalized spacial score (nSPS) is 13.1. The van der Waals surface area contributed by atoms with Crippen molar-refractivity contribution in [2.24, 2.45) is 16.1 Å². The predicted molar refractivity (Wildman–Crippen MR) is 97.2 cm³/mol. The topological polar surface area (TPSA) is 114 Å². The second kappa shape index (κ2) is 8.55. The Bertz CT molecular complexity index is 738. The van der Waals surface area contributed by atoms with Crippen molar-refractivity contribution in [2.45, 2.75) is 33.7 Å². The maximum atomic E-state index is 13.8. The van der Waals surface area contributed by atoms with Gasteiger partial charge in [0, 0.05) is 12.6 Å². The first-order chi connectivity index (χ1) is 12.0. The summed E-state index contributed by atoms with van der Waals surface area (Å²) in [6, 6.07) is 3.41. The molecular weight excluding hydrogens is 339 g/mol. The van der Waals surface area contributed by atoms with E-state index in [0.29, 0.717) is 5.56 Å². The number of hydrogen-bond acceptors (Lipinski definition) is 4. The van der Waals surface area contributed by atoms with E-state index in [4.69, 9.17) is 5.73 Å². The molecule has 0 radical (unpaired) electrons. The number of halogens is 1. The summed E-state index contributed by atoms with van der Waals surface area (Å²) in [5.41, 5.74) is 5.03. The lowest BCUT2D eigenvalue weighted by Gasteiger charge is -2.30. The van der Waals surface area contributed by atoms with Crippen LogP contribution in [-0.2, 0) is 14.4 Å². The standard InChI is InChI=1S/C18H25FN4O3/c1-10-11(7-6-8-12(10)19)14(21-5)16(25)23-15(18(2,3)4)17(26)22-9-13(20)24/h6-8,15H,9H2,1-5H3,(H2,20,24)(H,22,26)(H,23,25). The summed E-state index contributed by atoms with van der Waals surface area (Å²) < 4.78 is 13.8. The molecule has 0 aliphatic rings. The van der Waals surface area contributed by atoms with Crippen LogP contribution in [0.3, 0.4) is 0 Å². The van der Waals surface area contributed by atoms with Crippen LogP contribution in [0.1, 0.15) is 31.9 Å². The first-order valence-electron chi connectivity index (χ1n) is 8.08. The molecule has 0 heterocycles. The third-order valence-electron chi connectivity index (χ3n) is 3.80. The van der Waals surface area contributed by atoms with E-state index in [1.54, 1.807) is 33.8 Å². The van der Waals surface area contributed by atoms with Crippen LogP contribution in [0.4, 0.5) is 4.39 Å². The molecule has 0 aliphatic heterocycles. The average molecular weight is 364 g/mol. The number of primary amides is 1. The van der Waals surface area contributed by atoms with Crippen molar-refractivity contribution >= 4 is 23.4 Å². The van der Waals surface area contributed by atoms with Gasteiger partial charge in [-0.25, -0.2) is 4.39 Å². The molecule has 1 aromatic carbocycles. The van der Waals surface area contributed by atoms with Crippen LogP contribution in [0.15, 0.2) is 23.2 Å². The van der Waals surface area contributed by atoms with Crippen molar-refractivity contribution in [3.63, 3.8) is 0 Å². The van der Waals surface area contributed by atoms with Gasteiger partial charge in [-0.1, -0.05) is 32.9 Å². The molecule has 7 nitrogen and oxygen atoms in total. The van der Waals surface area contributed by atoms with Crippen molar-refractivity contribution in [2.75, 3.05) is 13.6 Å². The third-order valence-corrected chi connectivity index (χ3v) is 3.80. The molecule has 0 aliphatic carbocycles. The zero-order valence-electron chi connectivity index (χ0n) is 15.6. The van der Waals surface area contributed by atoms with Crippen LogP contribution in [0.5, 0.6) is 0 Å². The van der Waals surface area contributed by atoms with E-state index in [1.165, 1.54) is 19.2 Å². The monoisotopic (exact) mass is 364 g/mol. The largest absolute Gasteiger partial charge is 0.368 e. The van der Waals surface area contributed by atoms with Crippen molar-refractivity contribution < 1.29 is 18.8 Å². The van der Waals surface area contributed by atoms with Crippen LogP contribution >= 0.6 is 0 Å². The smallest absolute Gasteiger partial charge is 0.270 e. The van der Waals surface area contributed by atoms with Gasteiger partial charge in [-0.05, 0) is 24.0 Å². The van der Waals surface area contributed by atoms with Gasteiger partial charge in [0.05, 0.1) is 6.54 Å². The number of benzene rings is 1. The lowest BCUT2D eigenvalue weighted by molar-refractivity contribution is -0.130. The van der Waals surface area contributed by atoms with Crippen LogP contribution < -0.4 is 16.4 Å².